The summed E-state index contributed by atoms with van der Waals surface area (Å²) in [6.45, 7) is 3.69. The Balaban J connectivity index is 1.77. The van der Waals surface area contributed by atoms with Crippen LogP contribution in [0.3, 0.4) is 0 Å². The minimum absolute atomic E-state index is 0.0274. The van der Waals surface area contributed by atoms with E-state index in [2.05, 4.69) is 53.0 Å². The molecule has 3 N–H and O–H groups in total. The summed E-state index contributed by atoms with van der Waals surface area (Å²) in [6.07, 6.45) is 3.79. The molecule has 2 aromatic carbocycles. The minimum atomic E-state index is 0.0274. The van der Waals surface area contributed by atoms with Gasteiger partial charge in [-0.25, -0.2) is 0 Å². The summed E-state index contributed by atoms with van der Waals surface area (Å²) < 4.78 is 0. The van der Waals surface area contributed by atoms with Gasteiger partial charge in [0, 0.05) is 41.4 Å². The van der Waals surface area contributed by atoms with Crippen molar-refractivity contribution in [2.24, 2.45) is 0 Å². The third-order valence-electron chi connectivity index (χ3n) is 4.77. The Labute approximate surface area is 141 Å². The number of amides is 1. The van der Waals surface area contributed by atoms with E-state index >= 15 is 0 Å². The van der Waals surface area contributed by atoms with Crippen molar-refractivity contribution in [2.75, 3.05) is 5.32 Å². The van der Waals surface area contributed by atoms with Gasteiger partial charge in [-0.1, -0.05) is 18.2 Å². The highest BCUT2D eigenvalue weighted by atomic mass is 16.1. The Morgan fingerprint density at radius 1 is 1.12 bits per heavy atom. The molecule has 0 spiro atoms. The molecule has 0 aliphatic heterocycles. The first kappa shape index (κ1) is 14.8. The molecule has 0 saturated heterocycles. The summed E-state index contributed by atoms with van der Waals surface area (Å²) in [6, 6.07) is 12.7. The molecule has 1 aliphatic rings. The molecule has 0 radical (unpaired) electrons. The molecule has 1 atom stereocenters. The summed E-state index contributed by atoms with van der Waals surface area (Å²) in [5, 5.41) is 7.96. The Hall–Kier alpha value is -2.75. The first-order valence-electron chi connectivity index (χ1n) is 8.33. The molecule has 122 valence electrons. The first-order valence-corrected chi connectivity index (χ1v) is 8.33. The number of hydrogen-bond acceptors (Lipinski definition) is 2. The molecule has 4 nitrogen and oxygen atoms in total. The van der Waals surface area contributed by atoms with Crippen LogP contribution in [-0.2, 0) is 17.6 Å². The van der Waals surface area contributed by atoms with Crippen molar-refractivity contribution in [2.45, 2.75) is 32.7 Å². The van der Waals surface area contributed by atoms with Crippen LogP contribution in [0.25, 0.3) is 10.9 Å². The lowest BCUT2D eigenvalue weighted by atomic mass is 9.88. The molecule has 1 aromatic heterocycles. The topological polar surface area (TPSA) is 56.9 Å². The average Bonchev–Trinajstić information content (AvgIpc) is 2.95. The normalized spacial score (nSPS) is 16.2. The maximum atomic E-state index is 11.5. The number of aryl methyl sites for hydroxylation is 1. The van der Waals surface area contributed by atoms with Crippen LogP contribution in [0.2, 0.25) is 0 Å². The van der Waals surface area contributed by atoms with Crippen LogP contribution in [0.4, 0.5) is 11.4 Å². The highest BCUT2D eigenvalue weighted by Crippen LogP contribution is 2.36. The second-order valence-electron chi connectivity index (χ2n) is 6.57. The fourth-order valence-corrected chi connectivity index (χ4v) is 3.69. The fourth-order valence-electron chi connectivity index (χ4n) is 3.69. The van der Waals surface area contributed by atoms with Gasteiger partial charge in [0.05, 0.1) is 0 Å². The monoisotopic (exact) mass is 319 g/mol. The number of para-hydroxylation sites is 1. The third-order valence-corrected chi connectivity index (χ3v) is 4.77. The van der Waals surface area contributed by atoms with Crippen LogP contribution in [0.5, 0.6) is 0 Å². The van der Waals surface area contributed by atoms with Crippen molar-refractivity contribution in [1.82, 2.24) is 10.3 Å². The Morgan fingerprint density at radius 2 is 1.96 bits per heavy atom. The van der Waals surface area contributed by atoms with Crippen LogP contribution < -0.4 is 10.6 Å². The molecule has 0 bridgehead atoms. The fraction of sp³-hybridized carbons (Fsp3) is 0.250. The lowest BCUT2D eigenvalue weighted by Crippen LogP contribution is -2.38. The number of aromatic nitrogens is 1. The number of benzene rings is 2. The lowest BCUT2D eigenvalue weighted by molar-refractivity contribution is -0.119. The zero-order valence-corrected chi connectivity index (χ0v) is 13.9. The van der Waals surface area contributed by atoms with Gasteiger partial charge in [-0.2, -0.15) is 0 Å². The summed E-state index contributed by atoms with van der Waals surface area (Å²) in [5.74, 6) is 0.0274. The van der Waals surface area contributed by atoms with Crippen molar-refractivity contribution < 1.29 is 4.79 Å². The summed E-state index contributed by atoms with van der Waals surface area (Å²) >= 11 is 0. The smallest absolute Gasteiger partial charge is 0.217 e. The number of carbonyl (C=O) groups excluding carboxylic acids is 1. The van der Waals surface area contributed by atoms with Gasteiger partial charge in [-0.05, 0) is 54.7 Å². The molecule has 4 heteroatoms. The van der Waals surface area contributed by atoms with Gasteiger partial charge in [0.1, 0.15) is 0 Å². The molecular formula is C20H21N3O. The molecule has 1 unspecified atom stereocenters. The number of carbonyl (C=O) groups is 1. The Kier molecular flexibility index (Phi) is 3.53. The van der Waals surface area contributed by atoms with E-state index in [0.29, 0.717) is 0 Å². The predicted molar refractivity (Wildman–Crippen MR) is 97.8 cm³/mol. The molecule has 24 heavy (non-hydrogen) atoms. The standard InChI is InChI=1S/C20H21N3O/c1-12-5-3-4-6-17(12)23-18-7-8-19-20-14(11-21-19)9-15(10-16(18)20)22-13(2)24/h3-8,11,15,21,23H,9-10H2,1-2H3,(H,22,24). The first-order chi connectivity index (χ1) is 11.6. The quantitative estimate of drug-likeness (QED) is 0.687. The van der Waals surface area contributed by atoms with Crippen molar-refractivity contribution in [3.8, 4) is 0 Å². The second-order valence-corrected chi connectivity index (χ2v) is 6.57. The molecule has 1 aliphatic carbocycles. The lowest BCUT2D eigenvalue weighted by Gasteiger charge is -2.25. The molecule has 4 rings (SSSR count). The van der Waals surface area contributed by atoms with Crippen LogP contribution in [0.15, 0.2) is 42.6 Å². The van der Waals surface area contributed by atoms with E-state index < -0.39 is 0 Å². The van der Waals surface area contributed by atoms with Crippen LogP contribution in [0, 0.1) is 6.92 Å². The van der Waals surface area contributed by atoms with Crippen molar-refractivity contribution in [1.29, 1.82) is 0 Å². The summed E-state index contributed by atoms with van der Waals surface area (Å²) in [7, 11) is 0. The van der Waals surface area contributed by atoms with Crippen LogP contribution >= 0.6 is 0 Å². The van der Waals surface area contributed by atoms with Crippen LogP contribution in [0.1, 0.15) is 23.6 Å². The molecule has 0 saturated carbocycles. The van der Waals surface area contributed by atoms with E-state index in [4.69, 9.17) is 0 Å². The number of anilines is 2. The van der Waals surface area contributed by atoms with Crippen molar-refractivity contribution in [3.63, 3.8) is 0 Å². The molecule has 1 amide bonds. The largest absolute Gasteiger partial charge is 0.361 e. The van der Waals surface area contributed by atoms with E-state index in [0.717, 1.165) is 29.7 Å². The van der Waals surface area contributed by atoms with Gasteiger partial charge >= 0.3 is 0 Å². The molecular weight excluding hydrogens is 298 g/mol. The second kappa shape index (κ2) is 5.71. The van der Waals surface area contributed by atoms with Crippen molar-refractivity contribution in [3.05, 3.63) is 59.3 Å². The number of aromatic amines is 1. The number of hydrogen-bond donors (Lipinski definition) is 3. The zero-order chi connectivity index (χ0) is 16.7. The van der Waals surface area contributed by atoms with E-state index in [9.17, 15) is 4.79 Å². The van der Waals surface area contributed by atoms with E-state index in [1.165, 1.54) is 22.1 Å². The van der Waals surface area contributed by atoms with Gasteiger partial charge in [0.2, 0.25) is 5.91 Å². The van der Waals surface area contributed by atoms with Gasteiger partial charge in [-0.3, -0.25) is 4.79 Å². The predicted octanol–water partition coefficient (Wildman–Crippen LogP) is 3.82. The Bertz CT molecular complexity index is 926. The zero-order valence-electron chi connectivity index (χ0n) is 13.9. The molecule has 3 aromatic rings. The summed E-state index contributed by atoms with van der Waals surface area (Å²) in [4.78, 5) is 14.8. The van der Waals surface area contributed by atoms with E-state index in [1.807, 2.05) is 12.1 Å². The number of rotatable bonds is 3. The third kappa shape index (κ3) is 2.54. The minimum Gasteiger partial charge on any atom is -0.361 e. The Morgan fingerprint density at radius 3 is 2.75 bits per heavy atom. The number of nitrogens with one attached hydrogen (secondary N) is 3. The highest BCUT2D eigenvalue weighted by Gasteiger charge is 2.24. The van der Waals surface area contributed by atoms with E-state index in [-0.39, 0.29) is 11.9 Å². The summed E-state index contributed by atoms with van der Waals surface area (Å²) in [5.41, 5.74) is 7.17. The van der Waals surface area contributed by atoms with Gasteiger partial charge in [0.15, 0.2) is 0 Å². The molecule has 1 heterocycles. The average molecular weight is 319 g/mol. The SMILES string of the molecule is CC(=O)NC1Cc2c[nH]c3ccc(Nc4ccccc4C)c(c23)C1. The van der Waals surface area contributed by atoms with E-state index in [1.54, 1.807) is 6.92 Å². The molecule has 0 fully saturated rings. The van der Waals surface area contributed by atoms with Gasteiger partial charge in [0.25, 0.3) is 0 Å². The number of H-pyrrole nitrogens is 1. The van der Waals surface area contributed by atoms with Crippen LogP contribution in [-0.4, -0.2) is 16.9 Å². The van der Waals surface area contributed by atoms with Crippen molar-refractivity contribution >= 4 is 28.2 Å². The van der Waals surface area contributed by atoms with Gasteiger partial charge in [-0.15, -0.1) is 0 Å². The maximum absolute atomic E-state index is 11.5. The maximum Gasteiger partial charge on any atom is 0.217 e. The van der Waals surface area contributed by atoms with Gasteiger partial charge < -0.3 is 15.6 Å². The highest BCUT2D eigenvalue weighted by molar-refractivity contribution is 5.93.